The van der Waals surface area contributed by atoms with Gasteiger partial charge in [-0.3, -0.25) is 4.68 Å². The molecule has 0 bridgehead atoms. The van der Waals surface area contributed by atoms with Crippen molar-refractivity contribution in [2.45, 2.75) is 6.54 Å². The summed E-state index contributed by atoms with van der Waals surface area (Å²) in [6, 6.07) is 19.0. The second kappa shape index (κ2) is 8.35. The molecule has 0 unspecified atom stereocenters. The Kier molecular flexibility index (Phi) is 5.70. The normalized spacial score (nSPS) is 11.1. The van der Waals surface area contributed by atoms with Crippen molar-refractivity contribution in [1.82, 2.24) is 9.78 Å². The number of halogens is 1. The molecule has 3 aromatic rings. The van der Waals surface area contributed by atoms with Gasteiger partial charge in [0, 0.05) is 22.3 Å². The monoisotopic (exact) mass is 377 g/mol. The molecule has 2 aromatic carbocycles. The van der Waals surface area contributed by atoms with Gasteiger partial charge in [0.25, 0.3) is 0 Å². The molecular formula is C21H16ClN3O2. The molecule has 0 aliphatic rings. The Bertz CT molecular complexity index is 1030. The largest absolute Gasteiger partial charge is 0.465 e. The lowest BCUT2D eigenvalue weighted by atomic mass is 10.1. The minimum Gasteiger partial charge on any atom is -0.465 e. The third-order valence-corrected chi connectivity index (χ3v) is 4.13. The van der Waals surface area contributed by atoms with Gasteiger partial charge in [-0.05, 0) is 23.8 Å². The number of hydrogen-bond donors (Lipinski definition) is 0. The summed E-state index contributed by atoms with van der Waals surface area (Å²) in [6.45, 7) is 0.508. The van der Waals surface area contributed by atoms with Gasteiger partial charge in [-0.2, -0.15) is 10.4 Å². The van der Waals surface area contributed by atoms with Crippen molar-refractivity contribution < 1.29 is 9.53 Å². The molecule has 6 heteroatoms. The number of nitrogens with zero attached hydrogens (tertiary/aromatic N) is 3. The molecule has 1 aromatic heterocycles. The van der Waals surface area contributed by atoms with Gasteiger partial charge in [0.2, 0.25) is 0 Å². The van der Waals surface area contributed by atoms with E-state index in [1.165, 1.54) is 13.2 Å². The van der Waals surface area contributed by atoms with Crippen LogP contribution in [0.5, 0.6) is 0 Å². The molecule has 0 saturated heterocycles. The van der Waals surface area contributed by atoms with Crippen LogP contribution in [0.4, 0.5) is 0 Å². The molecule has 1 heterocycles. The Morgan fingerprint density at radius 3 is 2.70 bits per heavy atom. The predicted octanol–water partition coefficient (Wildman–Crippen LogP) is 4.33. The first-order valence-corrected chi connectivity index (χ1v) is 8.56. The summed E-state index contributed by atoms with van der Waals surface area (Å²) in [4.78, 5) is 11.8. The zero-order valence-corrected chi connectivity index (χ0v) is 15.3. The number of esters is 1. The Labute approximate surface area is 162 Å². The zero-order valence-electron chi connectivity index (χ0n) is 14.6. The molecule has 0 saturated carbocycles. The highest BCUT2D eigenvalue weighted by molar-refractivity contribution is 6.30. The van der Waals surface area contributed by atoms with E-state index in [4.69, 9.17) is 11.6 Å². The van der Waals surface area contributed by atoms with Gasteiger partial charge < -0.3 is 4.74 Å². The molecule has 5 nitrogen and oxygen atoms in total. The summed E-state index contributed by atoms with van der Waals surface area (Å²) in [6.07, 6.45) is 3.29. The summed E-state index contributed by atoms with van der Waals surface area (Å²) in [5.74, 6) is -0.681. The van der Waals surface area contributed by atoms with Crippen LogP contribution in [0.25, 0.3) is 17.3 Å². The van der Waals surface area contributed by atoms with Crippen molar-refractivity contribution in [1.29, 1.82) is 5.26 Å². The highest BCUT2D eigenvalue weighted by atomic mass is 35.5. The van der Waals surface area contributed by atoms with E-state index < -0.39 is 5.97 Å². The van der Waals surface area contributed by atoms with Crippen LogP contribution in [-0.4, -0.2) is 22.9 Å². The summed E-state index contributed by atoms with van der Waals surface area (Å²) in [5, 5.41) is 14.6. The summed E-state index contributed by atoms with van der Waals surface area (Å²) < 4.78 is 6.42. The van der Waals surface area contributed by atoms with E-state index in [1.54, 1.807) is 10.9 Å². The molecule has 134 valence electrons. The predicted molar refractivity (Wildman–Crippen MR) is 104 cm³/mol. The number of benzene rings is 2. The zero-order chi connectivity index (χ0) is 19.2. The number of nitriles is 1. The van der Waals surface area contributed by atoms with E-state index in [0.29, 0.717) is 22.8 Å². The lowest BCUT2D eigenvalue weighted by Crippen LogP contribution is -2.02. The molecule has 0 spiro atoms. The maximum absolute atomic E-state index is 11.8. The molecule has 27 heavy (non-hydrogen) atoms. The average Bonchev–Trinajstić information content (AvgIpc) is 3.08. The third-order valence-electron chi connectivity index (χ3n) is 3.90. The quantitative estimate of drug-likeness (QED) is 0.377. The topological polar surface area (TPSA) is 67.9 Å². The first kappa shape index (κ1) is 18.4. The van der Waals surface area contributed by atoms with Crippen LogP contribution in [0.2, 0.25) is 5.02 Å². The van der Waals surface area contributed by atoms with E-state index in [1.807, 2.05) is 60.7 Å². The van der Waals surface area contributed by atoms with E-state index >= 15 is 0 Å². The van der Waals surface area contributed by atoms with Crippen LogP contribution < -0.4 is 0 Å². The summed E-state index contributed by atoms with van der Waals surface area (Å²) >= 11 is 6.06. The fraction of sp³-hybridized carbons (Fsp3) is 0.0952. The highest BCUT2D eigenvalue weighted by Gasteiger charge is 2.14. The molecule has 0 amide bonds. The van der Waals surface area contributed by atoms with E-state index in [2.05, 4.69) is 9.84 Å². The molecule has 0 aliphatic heterocycles. The first-order chi connectivity index (χ1) is 13.1. The number of carbonyl (C=O) groups excluding carboxylic acids is 1. The summed E-state index contributed by atoms with van der Waals surface area (Å²) in [5.41, 5.74) is 3.13. The SMILES string of the molecule is COC(=O)/C(C#N)=C\c1cn(Cc2cccc(Cl)c2)nc1-c1ccccc1. The Morgan fingerprint density at radius 1 is 1.26 bits per heavy atom. The number of carbonyl (C=O) groups is 1. The Hall–Kier alpha value is -3.36. The number of methoxy groups -OCH3 is 1. The van der Waals surface area contributed by atoms with Crippen molar-refractivity contribution in [2.24, 2.45) is 0 Å². The molecule has 0 radical (unpaired) electrons. The molecular weight excluding hydrogens is 362 g/mol. The fourth-order valence-corrected chi connectivity index (χ4v) is 2.88. The Balaban J connectivity index is 2.05. The van der Waals surface area contributed by atoms with Gasteiger partial charge in [0.1, 0.15) is 11.6 Å². The maximum atomic E-state index is 11.8. The molecule has 0 aliphatic carbocycles. The van der Waals surface area contributed by atoms with Crippen LogP contribution in [-0.2, 0) is 16.1 Å². The van der Waals surface area contributed by atoms with Crippen LogP contribution in [0, 0.1) is 11.3 Å². The van der Waals surface area contributed by atoms with Crippen LogP contribution in [0.15, 0.2) is 66.4 Å². The van der Waals surface area contributed by atoms with Crippen molar-refractivity contribution in [3.63, 3.8) is 0 Å². The first-order valence-electron chi connectivity index (χ1n) is 8.18. The van der Waals surface area contributed by atoms with Gasteiger partial charge in [-0.25, -0.2) is 4.79 Å². The van der Waals surface area contributed by atoms with Crippen molar-refractivity contribution >= 4 is 23.6 Å². The number of ether oxygens (including phenoxy) is 1. The van der Waals surface area contributed by atoms with Gasteiger partial charge in [0.05, 0.1) is 19.3 Å². The average molecular weight is 378 g/mol. The summed E-state index contributed by atoms with van der Waals surface area (Å²) in [7, 11) is 1.24. The number of aromatic nitrogens is 2. The maximum Gasteiger partial charge on any atom is 0.348 e. The number of hydrogen-bond acceptors (Lipinski definition) is 4. The van der Waals surface area contributed by atoms with Gasteiger partial charge in [-0.1, -0.05) is 54.1 Å². The van der Waals surface area contributed by atoms with Crippen molar-refractivity contribution in [3.05, 3.63) is 82.5 Å². The minimum absolute atomic E-state index is 0.0861. The minimum atomic E-state index is -0.681. The Morgan fingerprint density at radius 2 is 2.04 bits per heavy atom. The van der Waals surface area contributed by atoms with E-state index in [0.717, 1.165) is 11.1 Å². The third kappa shape index (κ3) is 4.43. The molecule has 0 fully saturated rings. The lowest BCUT2D eigenvalue weighted by Gasteiger charge is -2.02. The second-order valence-electron chi connectivity index (χ2n) is 5.79. The van der Waals surface area contributed by atoms with Gasteiger partial charge >= 0.3 is 5.97 Å². The van der Waals surface area contributed by atoms with Crippen LogP contribution >= 0.6 is 11.6 Å². The van der Waals surface area contributed by atoms with Crippen molar-refractivity contribution in [2.75, 3.05) is 7.11 Å². The van der Waals surface area contributed by atoms with Gasteiger partial charge in [0.15, 0.2) is 0 Å². The number of rotatable bonds is 5. The van der Waals surface area contributed by atoms with Gasteiger partial charge in [-0.15, -0.1) is 0 Å². The fourth-order valence-electron chi connectivity index (χ4n) is 2.67. The standard InChI is InChI=1S/C21H16ClN3O2/c1-27-21(26)17(12-23)11-18-14-25(13-15-6-5-9-19(22)10-15)24-20(18)16-7-3-2-4-8-16/h2-11,14H,13H2,1H3/b17-11-. The lowest BCUT2D eigenvalue weighted by molar-refractivity contribution is -0.135. The van der Waals surface area contributed by atoms with E-state index in [9.17, 15) is 10.1 Å². The van der Waals surface area contributed by atoms with Crippen LogP contribution in [0.3, 0.4) is 0 Å². The van der Waals surface area contributed by atoms with E-state index in [-0.39, 0.29) is 5.57 Å². The second-order valence-corrected chi connectivity index (χ2v) is 6.22. The van der Waals surface area contributed by atoms with Crippen molar-refractivity contribution in [3.8, 4) is 17.3 Å². The molecule has 0 atom stereocenters. The smallest absolute Gasteiger partial charge is 0.348 e. The molecule has 0 N–H and O–H groups in total. The molecule has 3 rings (SSSR count). The van der Waals surface area contributed by atoms with Crippen LogP contribution in [0.1, 0.15) is 11.1 Å². The highest BCUT2D eigenvalue weighted by Crippen LogP contribution is 2.25.